The van der Waals surface area contributed by atoms with Crippen LogP contribution in [0.4, 0.5) is 0 Å². The van der Waals surface area contributed by atoms with E-state index in [9.17, 15) is 9.59 Å². The zero-order valence-corrected chi connectivity index (χ0v) is 11.0. The van der Waals surface area contributed by atoms with Crippen LogP contribution in [0.3, 0.4) is 0 Å². The van der Waals surface area contributed by atoms with Gasteiger partial charge in [0, 0.05) is 43.1 Å². The topological polar surface area (TPSA) is 65.2 Å². The van der Waals surface area contributed by atoms with E-state index in [-0.39, 0.29) is 22.4 Å². The molecular weight excluding hydrogens is 230 g/mol. The lowest BCUT2D eigenvalue weighted by Gasteiger charge is -2.39. The molecule has 0 spiro atoms. The monoisotopic (exact) mass is 249 g/mol. The zero-order chi connectivity index (χ0) is 13.3. The summed E-state index contributed by atoms with van der Waals surface area (Å²) in [5, 5.41) is 3.34. The molecule has 98 valence electrons. The maximum Gasteiger partial charge on any atom is 0.259 e. The largest absolute Gasteiger partial charge is 0.364 e. The molecule has 0 saturated carbocycles. The number of hydrogen-bond donors (Lipinski definition) is 2. The van der Waals surface area contributed by atoms with Gasteiger partial charge in [-0.25, -0.2) is 0 Å². The molecule has 0 aliphatic carbocycles. The second-order valence-corrected chi connectivity index (χ2v) is 5.43. The second kappa shape index (κ2) is 4.57. The van der Waals surface area contributed by atoms with Crippen molar-refractivity contribution in [2.24, 2.45) is 0 Å². The van der Waals surface area contributed by atoms with Crippen LogP contribution in [0.2, 0.25) is 0 Å². The normalized spacial score (nSPS) is 18.7. The number of pyridine rings is 1. The molecule has 1 saturated heterocycles. The highest BCUT2D eigenvalue weighted by Gasteiger charge is 2.29. The van der Waals surface area contributed by atoms with E-state index >= 15 is 0 Å². The Labute approximate surface area is 106 Å². The molecule has 1 fully saturated rings. The Hall–Kier alpha value is -1.62. The first kappa shape index (κ1) is 12.8. The number of carbonyl (C=O) groups excluding carboxylic acids is 1. The van der Waals surface area contributed by atoms with E-state index in [0.717, 1.165) is 12.2 Å². The molecule has 5 heteroatoms. The highest BCUT2D eigenvalue weighted by Crippen LogP contribution is 2.12. The molecule has 0 unspecified atom stereocenters. The van der Waals surface area contributed by atoms with E-state index < -0.39 is 0 Å². The van der Waals surface area contributed by atoms with Gasteiger partial charge in [0.05, 0.1) is 0 Å². The molecule has 0 atom stereocenters. The maximum absolute atomic E-state index is 12.3. The predicted octanol–water partition coefficient (Wildman–Crippen LogP) is 0.507. The lowest BCUT2D eigenvalue weighted by Crippen LogP contribution is -2.58. The molecule has 1 aromatic heterocycles. The number of nitrogens with one attached hydrogen (secondary N) is 2. The standard InChI is InChI=1S/C13H19N3O2/c1-9-6-11(17)10(7-14-9)12(18)16-5-4-15-13(2,3)8-16/h6-7,15H,4-5,8H2,1-3H3,(H,14,17). The summed E-state index contributed by atoms with van der Waals surface area (Å²) >= 11 is 0. The van der Waals surface area contributed by atoms with Crippen LogP contribution in [0, 0.1) is 6.92 Å². The van der Waals surface area contributed by atoms with Gasteiger partial charge < -0.3 is 15.2 Å². The van der Waals surface area contributed by atoms with Crippen molar-refractivity contribution in [2.75, 3.05) is 19.6 Å². The summed E-state index contributed by atoms with van der Waals surface area (Å²) in [6.45, 7) is 7.89. The Balaban J connectivity index is 2.23. The van der Waals surface area contributed by atoms with Crippen LogP contribution in [-0.2, 0) is 0 Å². The third-order valence-electron chi connectivity index (χ3n) is 3.15. The number of hydrogen-bond acceptors (Lipinski definition) is 3. The highest BCUT2D eigenvalue weighted by atomic mass is 16.2. The van der Waals surface area contributed by atoms with Crippen LogP contribution in [0.5, 0.6) is 0 Å². The predicted molar refractivity (Wildman–Crippen MR) is 69.8 cm³/mol. The van der Waals surface area contributed by atoms with Crippen molar-refractivity contribution in [3.8, 4) is 0 Å². The number of rotatable bonds is 1. The van der Waals surface area contributed by atoms with E-state index in [1.807, 2.05) is 13.8 Å². The fourth-order valence-electron chi connectivity index (χ4n) is 2.23. The lowest BCUT2D eigenvalue weighted by molar-refractivity contribution is 0.0650. The summed E-state index contributed by atoms with van der Waals surface area (Å²) in [4.78, 5) is 28.8. The Kier molecular flexibility index (Phi) is 3.26. The molecule has 18 heavy (non-hydrogen) atoms. The molecular formula is C13H19N3O2. The van der Waals surface area contributed by atoms with Crippen LogP contribution >= 0.6 is 0 Å². The first-order valence-corrected chi connectivity index (χ1v) is 6.13. The summed E-state index contributed by atoms with van der Waals surface area (Å²) in [5.41, 5.74) is 0.661. The minimum atomic E-state index is -0.215. The van der Waals surface area contributed by atoms with Crippen molar-refractivity contribution in [3.63, 3.8) is 0 Å². The molecule has 2 N–H and O–H groups in total. The van der Waals surface area contributed by atoms with Gasteiger partial charge in [-0.1, -0.05) is 0 Å². The van der Waals surface area contributed by atoms with Gasteiger partial charge in [-0.3, -0.25) is 9.59 Å². The van der Waals surface area contributed by atoms with Crippen LogP contribution in [0.25, 0.3) is 0 Å². The summed E-state index contributed by atoms with van der Waals surface area (Å²) < 4.78 is 0. The summed E-state index contributed by atoms with van der Waals surface area (Å²) in [6, 6.07) is 1.46. The van der Waals surface area contributed by atoms with Crippen LogP contribution in [0.1, 0.15) is 29.9 Å². The third-order valence-corrected chi connectivity index (χ3v) is 3.15. The molecule has 1 amide bonds. The zero-order valence-electron chi connectivity index (χ0n) is 11.0. The summed E-state index contributed by atoms with van der Waals surface area (Å²) in [6.07, 6.45) is 1.51. The van der Waals surface area contributed by atoms with Crippen molar-refractivity contribution >= 4 is 5.91 Å². The molecule has 5 nitrogen and oxygen atoms in total. The molecule has 2 rings (SSSR count). The van der Waals surface area contributed by atoms with Crippen LogP contribution < -0.4 is 10.7 Å². The average molecular weight is 249 g/mol. The number of aryl methyl sites for hydroxylation is 1. The molecule has 0 aromatic carbocycles. The highest BCUT2D eigenvalue weighted by molar-refractivity contribution is 5.94. The van der Waals surface area contributed by atoms with Crippen LogP contribution in [-0.4, -0.2) is 41.0 Å². The Bertz CT molecular complexity index is 519. The number of aromatic nitrogens is 1. The van der Waals surface area contributed by atoms with E-state index in [1.165, 1.54) is 12.3 Å². The van der Waals surface area contributed by atoms with E-state index in [4.69, 9.17) is 0 Å². The van der Waals surface area contributed by atoms with Gasteiger partial charge in [0.1, 0.15) is 5.56 Å². The van der Waals surface area contributed by atoms with Crippen molar-refractivity contribution in [3.05, 3.63) is 33.7 Å². The Morgan fingerprint density at radius 2 is 2.17 bits per heavy atom. The average Bonchev–Trinajstić information content (AvgIpc) is 2.27. The summed E-state index contributed by atoms with van der Waals surface area (Å²) in [7, 11) is 0. The minimum absolute atomic E-state index is 0.106. The number of aromatic amines is 1. The fourth-order valence-corrected chi connectivity index (χ4v) is 2.23. The van der Waals surface area contributed by atoms with Gasteiger partial charge in [-0.15, -0.1) is 0 Å². The molecule has 1 aromatic rings. The molecule has 0 bridgehead atoms. The minimum Gasteiger partial charge on any atom is -0.364 e. The SMILES string of the molecule is Cc1cc(=O)c(C(=O)N2CCNC(C)(C)C2)c[nH]1. The van der Waals surface area contributed by atoms with Crippen molar-refractivity contribution in [1.29, 1.82) is 0 Å². The molecule has 1 aliphatic heterocycles. The number of piperazine rings is 1. The molecule has 0 radical (unpaired) electrons. The van der Waals surface area contributed by atoms with Gasteiger partial charge in [-0.2, -0.15) is 0 Å². The smallest absolute Gasteiger partial charge is 0.259 e. The first-order valence-electron chi connectivity index (χ1n) is 6.13. The van der Waals surface area contributed by atoms with Crippen LogP contribution in [0.15, 0.2) is 17.1 Å². The van der Waals surface area contributed by atoms with Crippen molar-refractivity contribution in [2.45, 2.75) is 26.3 Å². The first-order chi connectivity index (χ1) is 8.39. The van der Waals surface area contributed by atoms with Crippen molar-refractivity contribution in [1.82, 2.24) is 15.2 Å². The quantitative estimate of drug-likeness (QED) is 0.762. The number of carbonyl (C=O) groups is 1. The number of H-pyrrole nitrogens is 1. The third kappa shape index (κ3) is 2.61. The lowest BCUT2D eigenvalue weighted by atomic mass is 10.0. The Morgan fingerprint density at radius 3 is 2.78 bits per heavy atom. The van der Waals surface area contributed by atoms with Gasteiger partial charge >= 0.3 is 0 Å². The Morgan fingerprint density at radius 1 is 1.44 bits per heavy atom. The molecule has 1 aliphatic rings. The van der Waals surface area contributed by atoms with E-state index in [1.54, 1.807) is 11.8 Å². The fraction of sp³-hybridized carbons (Fsp3) is 0.538. The number of amides is 1. The van der Waals surface area contributed by atoms with Gasteiger partial charge in [0.25, 0.3) is 5.91 Å². The van der Waals surface area contributed by atoms with Crippen molar-refractivity contribution < 1.29 is 4.79 Å². The van der Waals surface area contributed by atoms with E-state index in [2.05, 4.69) is 10.3 Å². The van der Waals surface area contributed by atoms with Gasteiger partial charge in [0.2, 0.25) is 0 Å². The van der Waals surface area contributed by atoms with Gasteiger partial charge in [0.15, 0.2) is 5.43 Å². The maximum atomic E-state index is 12.3. The summed E-state index contributed by atoms with van der Waals surface area (Å²) in [5.74, 6) is -0.189. The van der Waals surface area contributed by atoms with E-state index in [0.29, 0.717) is 13.1 Å². The molecule has 2 heterocycles. The number of nitrogens with zero attached hydrogens (tertiary/aromatic N) is 1. The second-order valence-electron chi connectivity index (χ2n) is 5.43. The van der Waals surface area contributed by atoms with Gasteiger partial charge in [-0.05, 0) is 20.8 Å².